The normalized spacial score (nSPS) is 10.4. The fourth-order valence-corrected chi connectivity index (χ4v) is 2.09. The van der Waals surface area contributed by atoms with Crippen LogP contribution in [0.15, 0.2) is 18.5 Å². The molecule has 1 heterocycles. The predicted molar refractivity (Wildman–Crippen MR) is 79.3 cm³/mol. The van der Waals surface area contributed by atoms with Crippen molar-refractivity contribution in [1.29, 1.82) is 0 Å². The van der Waals surface area contributed by atoms with Crippen LogP contribution >= 0.6 is 0 Å². The van der Waals surface area contributed by atoms with Gasteiger partial charge in [0.1, 0.15) is 5.56 Å². The topological polar surface area (TPSA) is 59.4 Å². The van der Waals surface area contributed by atoms with Crippen LogP contribution in [0.2, 0.25) is 0 Å². The molecule has 0 saturated carbocycles. The lowest BCUT2D eigenvalue weighted by molar-refractivity contribution is 0.0692. The van der Waals surface area contributed by atoms with E-state index in [0.717, 1.165) is 12.8 Å². The Morgan fingerprint density at radius 3 is 2.45 bits per heavy atom. The minimum absolute atomic E-state index is 0.180. The van der Waals surface area contributed by atoms with Gasteiger partial charge in [0.15, 0.2) is 5.75 Å². The van der Waals surface area contributed by atoms with Gasteiger partial charge in [-0.3, -0.25) is 4.98 Å². The highest BCUT2D eigenvalue weighted by molar-refractivity contribution is 5.90. The Morgan fingerprint density at radius 2 is 1.80 bits per heavy atom. The third-order valence-corrected chi connectivity index (χ3v) is 3.27. The average molecular weight is 279 g/mol. The van der Waals surface area contributed by atoms with E-state index in [4.69, 9.17) is 9.84 Å². The summed E-state index contributed by atoms with van der Waals surface area (Å²) in [5, 5.41) is 9.00. The van der Waals surface area contributed by atoms with Gasteiger partial charge in [0.25, 0.3) is 0 Å². The molecule has 1 aromatic rings. The summed E-state index contributed by atoms with van der Waals surface area (Å²) in [6, 6.07) is 1.46. The molecular formula is C16H25NO3. The molecular weight excluding hydrogens is 254 g/mol. The maximum Gasteiger partial charge on any atom is 0.339 e. The van der Waals surface area contributed by atoms with Gasteiger partial charge in [0.05, 0.1) is 12.8 Å². The van der Waals surface area contributed by atoms with Crippen LogP contribution in [-0.2, 0) is 0 Å². The van der Waals surface area contributed by atoms with Crippen LogP contribution in [0.4, 0.5) is 0 Å². The minimum Gasteiger partial charge on any atom is -0.491 e. The van der Waals surface area contributed by atoms with Crippen LogP contribution in [0.5, 0.6) is 5.75 Å². The lowest BCUT2D eigenvalue weighted by atomic mass is 10.1. The van der Waals surface area contributed by atoms with Crippen molar-refractivity contribution < 1.29 is 14.6 Å². The molecule has 0 spiro atoms. The van der Waals surface area contributed by atoms with E-state index in [1.165, 1.54) is 57.0 Å². The molecule has 0 aliphatic rings. The molecule has 4 nitrogen and oxygen atoms in total. The Balaban J connectivity index is 2.11. The number of aromatic carboxylic acids is 1. The van der Waals surface area contributed by atoms with Crippen LogP contribution in [-0.4, -0.2) is 22.7 Å². The highest BCUT2D eigenvalue weighted by Crippen LogP contribution is 2.17. The van der Waals surface area contributed by atoms with Crippen molar-refractivity contribution in [2.45, 2.75) is 58.3 Å². The van der Waals surface area contributed by atoms with Gasteiger partial charge in [-0.25, -0.2) is 4.79 Å². The quantitative estimate of drug-likeness (QED) is 0.613. The van der Waals surface area contributed by atoms with Gasteiger partial charge in [0.2, 0.25) is 0 Å². The number of carboxylic acids is 1. The fourth-order valence-electron chi connectivity index (χ4n) is 2.09. The van der Waals surface area contributed by atoms with E-state index in [-0.39, 0.29) is 5.56 Å². The van der Waals surface area contributed by atoms with E-state index in [0.29, 0.717) is 12.4 Å². The van der Waals surface area contributed by atoms with Crippen LogP contribution < -0.4 is 4.74 Å². The molecule has 1 N–H and O–H groups in total. The summed E-state index contributed by atoms with van der Waals surface area (Å²) in [5.41, 5.74) is 0.180. The zero-order valence-corrected chi connectivity index (χ0v) is 12.3. The number of carboxylic acid groups (broad SMARTS) is 1. The van der Waals surface area contributed by atoms with E-state index < -0.39 is 5.97 Å². The molecule has 1 aromatic heterocycles. The predicted octanol–water partition coefficient (Wildman–Crippen LogP) is 4.30. The lowest BCUT2D eigenvalue weighted by Crippen LogP contribution is -2.04. The van der Waals surface area contributed by atoms with Gasteiger partial charge in [0, 0.05) is 6.20 Å². The zero-order valence-electron chi connectivity index (χ0n) is 12.3. The van der Waals surface area contributed by atoms with E-state index in [2.05, 4.69) is 11.9 Å². The molecule has 0 unspecified atom stereocenters. The number of aromatic nitrogens is 1. The molecule has 0 amide bonds. The number of pyridine rings is 1. The standard InChI is InChI=1S/C16H25NO3/c1-2-3-4-5-6-7-8-9-12-20-15-13-17-11-10-14(15)16(18)19/h10-11,13H,2-9,12H2,1H3,(H,18,19). The smallest absolute Gasteiger partial charge is 0.339 e. The second kappa shape index (κ2) is 10.2. The lowest BCUT2D eigenvalue weighted by Gasteiger charge is -2.08. The maximum atomic E-state index is 11.0. The molecule has 0 saturated heterocycles. The third-order valence-electron chi connectivity index (χ3n) is 3.27. The van der Waals surface area contributed by atoms with E-state index >= 15 is 0 Å². The van der Waals surface area contributed by atoms with Crippen molar-refractivity contribution >= 4 is 5.97 Å². The molecule has 0 aliphatic heterocycles. The molecule has 0 atom stereocenters. The van der Waals surface area contributed by atoms with Crippen molar-refractivity contribution in [3.8, 4) is 5.75 Å². The number of ether oxygens (including phenoxy) is 1. The summed E-state index contributed by atoms with van der Waals surface area (Å²) in [7, 11) is 0. The number of carbonyl (C=O) groups is 1. The molecule has 0 aliphatic carbocycles. The highest BCUT2D eigenvalue weighted by atomic mass is 16.5. The molecule has 0 radical (unpaired) electrons. The molecule has 0 fully saturated rings. The molecule has 20 heavy (non-hydrogen) atoms. The minimum atomic E-state index is -0.974. The second-order valence-electron chi connectivity index (χ2n) is 5.00. The van der Waals surface area contributed by atoms with Crippen LogP contribution in [0.25, 0.3) is 0 Å². The first-order chi connectivity index (χ1) is 9.75. The van der Waals surface area contributed by atoms with Gasteiger partial charge in [-0.1, -0.05) is 51.9 Å². The first kappa shape index (κ1) is 16.5. The summed E-state index contributed by atoms with van der Waals surface area (Å²) in [5.74, 6) is -0.610. The molecule has 0 bridgehead atoms. The summed E-state index contributed by atoms with van der Waals surface area (Å²) in [6.07, 6.45) is 12.8. The zero-order chi connectivity index (χ0) is 14.6. The summed E-state index contributed by atoms with van der Waals surface area (Å²) < 4.78 is 5.50. The SMILES string of the molecule is CCCCCCCCCCOc1cnccc1C(=O)O. The van der Waals surface area contributed by atoms with E-state index in [1.54, 1.807) is 0 Å². The van der Waals surface area contributed by atoms with Gasteiger partial charge in [-0.05, 0) is 12.5 Å². The Kier molecular flexibility index (Phi) is 8.43. The van der Waals surface area contributed by atoms with Crippen LogP contribution in [0.3, 0.4) is 0 Å². The fraction of sp³-hybridized carbons (Fsp3) is 0.625. The van der Waals surface area contributed by atoms with Crippen molar-refractivity contribution in [3.05, 3.63) is 24.0 Å². The van der Waals surface area contributed by atoms with Crippen molar-refractivity contribution in [3.63, 3.8) is 0 Å². The van der Waals surface area contributed by atoms with Gasteiger partial charge in [-0.2, -0.15) is 0 Å². The first-order valence-electron chi connectivity index (χ1n) is 7.55. The Hall–Kier alpha value is -1.58. The van der Waals surface area contributed by atoms with Gasteiger partial charge < -0.3 is 9.84 Å². The summed E-state index contributed by atoms with van der Waals surface area (Å²) in [6.45, 7) is 2.78. The van der Waals surface area contributed by atoms with Crippen LogP contribution in [0.1, 0.15) is 68.6 Å². The number of hydrogen-bond donors (Lipinski definition) is 1. The number of nitrogens with zero attached hydrogens (tertiary/aromatic N) is 1. The van der Waals surface area contributed by atoms with Gasteiger partial charge in [-0.15, -0.1) is 0 Å². The second-order valence-corrected chi connectivity index (χ2v) is 5.00. The Labute approximate surface area is 121 Å². The number of unbranched alkanes of at least 4 members (excludes halogenated alkanes) is 7. The Bertz CT molecular complexity index is 393. The number of hydrogen-bond acceptors (Lipinski definition) is 3. The summed E-state index contributed by atoms with van der Waals surface area (Å²) in [4.78, 5) is 14.9. The van der Waals surface area contributed by atoms with Crippen LogP contribution in [0, 0.1) is 0 Å². The third kappa shape index (κ3) is 6.55. The van der Waals surface area contributed by atoms with Crippen molar-refractivity contribution in [1.82, 2.24) is 4.98 Å². The monoisotopic (exact) mass is 279 g/mol. The van der Waals surface area contributed by atoms with E-state index in [9.17, 15) is 4.79 Å². The largest absolute Gasteiger partial charge is 0.491 e. The van der Waals surface area contributed by atoms with Crippen molar-refractivity contribution in [2.75, 3.05) is 6.61 Å². The first-order valence-corrected chi connectivity index (χ1v) is 7.55. The summed E-state index contributed by atoms with van der Waals surface area (Å²) >= 11 is 0. The highest BCUT2D eigenvalue weighted by Gasteiger charge is 2.10. The molecule has 112 valence electrons. The number of rotatable bonds is 11. The maximum absolute atomic E-state index is 11.0. The Morgan fingerprint density at radius 1 is 1.15 bits per heavy atom. The molecule has 1 rings (SSSR count). The van der Waals surface area contributed by atoms with Gasteiger partial charge >= 0.3 is 5.97 Å². The average Bonchev–Trinajstić information content (AvgIpc) is 2.46. The van der Waals surface area contributed by atoms with Crippen molar-refractivity contribution in [2.24, 2.45) is 0 Å². The van der Waals surface area contributed by atoms with E-state index in [1.807, 2.05) is 0 Å². The molecule has 4 heteroatoms. The molecule has 0 aromatic carbocycles.